The number of benzene rings is 1. The van der Waals surface area contributed by atoms with E-state index in [0.29, 0.717) is 6.61 Å². The van der Waals surface area contributed by atoms with E-state index in [2.05, 4.69) is 10.2 Å². The topological polar surface area (TPSA) is 47.1 Å². The lowest BCUT2D eigenvalue weighted by molar-refractivity contribution is 0.0956. The van der Waals surface area contributed by atoms with Gasteiger partial charge in [0, 0.05) is 19.7 Å². The fraction of sp³-hybridized carbons (Fsp3) is 0.357. The van der Waals surface area contributed by atoms with Crippen molar-refractivity contribution in [2.45, 2.75) is 19.4 Å². The maximum Gasteiger partial charge on any atom is 0.119 e. The van der Waals surface area contributed by atoms with E-state index in [-0.39, 0.29) is 18.5 Å². The van der Waals surface area contributed by atoms with Crippen LogP contribution in [0.4, 0.5) is 0 Å². The van der Waals surface area contributed by atoms with Crippen molar-refractivity contribution in [1.29, 1.82) is 0 Å². The van der Waals surface area contributed by atoms with Gasteiger partial charge in [0.25, 0.3) is 0 Å². The molecule has 1 aromatic carbocycles. The molecule has 0 saturated carbocycles. The molecule has 1 N–H and O–H groups in total. The lowest BCUT2D eigenvalue weighted by Gasteiger charge is -2.10. The molecular formula is C14H19ClN2O2. The molecular weight excluding hydrogens is 264 g/mol. The average molecular weight is 283 g/mol. The summed E-state index contributed by atoms with van der Waals surface area (Å²) in [6.45, 7) is 2.70. The molecule has 104 valence electrons. The summed E-state index contributed by atoms with van der Waals surface area (Å²) in [4.78, 5) is 0. The lowest BCUT2D eigenvalue weighted by atomic mass is 10.1. The zero-order chi connectivity index (χ0) is 12.8. The fourth-order valence-corrected chi connectivity index (χ4v) is 1.61. The molecule has 0 radical (unpaired) electrons. The molecule has 2 aromatic rings. The van der Waals surface area contributed by atoms with Crippen molar-refractivity contribution in [3.05, 3.63) is 36.5 Å². The third-order valence-electron chi connectivity index (χ3n) is 2.86. The van der Waals surface area contributed by atoms with Gasteiger partial charge in [0.15, 0.2) is 0 Å². The van der Waals surface area contributed by atoms with Gasteiger partial charge in [-0.2, -0.15) is 5.10 Å². The van der Waals surface area contributed by atoms with E-state index in [1.807, 2.05) is 37.3 Å². The Morgan fingerprint density at radius 2 is 1.95 bits per heavy atom. The number of nitrogens with one attached hydrogen (secondary N) is 1. The third-order valence-corrected chi connectivity index (χ3v) is 2.86. The normalized spacial score (nSPS) is 11.7. The van der Waals surface area contributed by atoms with Crippen molar-refractivity contribution < 1.29 is 9.47 Å². The van der Waals surface area contributed by atoms with Crippen LogP contribution in [0.5, 0.6) is 5.75 Å². The number of nitrogens with zero attached hydrogens (tertiary/aromatic N) is 1. The monoisotopic (exact) mass is 282 g/mol. The minimum absolute atomic E-state index is 0. The number of hydrogen-bond donors (Lipinski definition) is 1. The first kappa shape index (κ1) is 15.5. The highest BCUT2D eigenvalue weighted by Crippen LogP contribution is 2.20. The maximum atomic E-state index is 5.65. The molecule has 5 heteroatoms. The van der Waals surface area contributed by atoms with Gasteiger partial charge in [-0.05, 0) is 42.8 Å². The molecule has 0 fully saturated rings. The standard InChI is InChI=1S/C14H18N2O2.ClH/c1-11(17-2)8-10-18-13-5-3-12(4-6-13)14-7-9-15-16-14;/h3-7,9,11H,8,10H2,1-2H3,(H,15,16);1H. The number of ether oxygens (including phenoxy) is 2. The Balaban J connectivity index is 0.00000180. The van der Waals surface area contributed by atoms with Gasteiger partial charge in [0.1, 0.15) is 5.75 Å². The second-order valence-electron chi connectivity index (χ2n) is 4.18. The Hall–Kier alpha value is -1.52. The van der Waals surface area contributed by atoms with Gasteiger partial charge >= 0.3 is 0 Å². The van der Waals surface area contributed by atoms with Crippen LogP contribution < -0.4 is 4.74 Å². The van der Waals surface area contributed by atoms with Gasteiger partial charge in [-0.25, -0.2) is 0 Å². The molecule has 4 nitrogen and oxygen atoms in total. The molecule has 1 unspecified atom stereocenters. The van der Waals surface area contributed by atoms with Crippen LogP contribution in [0.15, 0.2) is 36.5 Å². The van der Waals surface area contributed by atoms with Gasteiger partial charge in [-0.1, -0.05) is 0 Å². The van der Waals surface area contributed by atoms with E-state index in [0.717, 1.165) is 23.4 Å². The molecule has 1 aromatic heterocycles. The van der Waals surface area contributed by atoms with Crippen LogP contribution >= 0.6 is 12.4 Å². The molecule has 0 aliphatic heterocycles. The molecule has 0 aliphatic rings. The predicted octanol–water partition coefficient (Wildman–Crippen LogP) is 3.30. The first-order chi connectivity index (χ1) is 8.79. The average Bonchev–Trinajstić information content (AvgIpc) is 2.93. The number of aromatic nitrogens is 2. The van der Waals surface area contributed by atoms with E-state index in [4.69, 9.17) is 9.47 Å². The van der Waals surface area contributed by atoms with Crippen LogP contribution in [-0.4, -0.2) is 30.0 Å². The number of halogens is 1. The van der Waals surface area contributed by atoms with Crippen LogP contribution in [0.3, 0.4) is 0 Å². The second kappa shape index (κ2) is 7.81. The summed E-state index contributed by atoms with van der Waals surface area (Å²) >= 11 is 0. The first-order valence-corrected chi connectivity index (χ1v) is 6.05. The zero-order valence-electron chi connectivity index (χ0n) is 11.1. The van der Waals surface area contributed by atoms with Gasteiger partial charge in [0.2, 0.25) is 0 Å². The van der Waals surface area contributed by atoms with Crippen molar-refractivity contribution in [3.63, 3.8) is 0 Å². The van der Waals surface area contributed by atoms with Crippen LogP contribution in [0.25, 0.3) is 11.3 Å². The molecule has 0 saturated heterocycles. The summed E-state index contributed by atoms with van der Waals surface area (Å²) < 4.78 is 10.8. The summed E-state index contributed by atoms with van der Waals surface area (Å²) in [6.07, 6.45) is 2.86. The highest BCUT2D eigenvalue weighted by atomic mass is 35.5. The van der Waals surface area contributed by atoms with Crippen molar-refractivity contribution in [1.82, 2.24) is 10.2 Å². The number of H-pyrrole nitrogens is 1. The van der Waals surface area contributed by atoms with E-state index in [1.54, 1.807) is 13.3 Å². The molecule has 0 spiro atoms. The smallest absolute Gasteiger partial charge is 0.119 e. The fourth-order valence-electron chi connectivity index (χ4n) is 1.61. The summed E-state index contributed by atoms with van der Waals surface area (Å²) in [5, 5.41) is 6.86. The Morgan fingerprint density at radius 1 is 1.21 bits per heavy atom. The summed E-state index contributed by atoms with van der Waals surface area (Å²) in [5.41, 5.74) is 2.11. The van der Waals surface area contributed by atoms with E-state index < -0.39 is 0 Å². The summed E-state index contributed by atoms with van der Waals surface area (Å²) in [7, 11) is 1.71. The Kier molecular flexibility index (Phi) is 6.39. The molecule has 1 atom stereocenters. The zero-order valence-corrected chi connectivity index (χ0v) is 11.9. The highest BCUT2D eigenvalue weighted by Gasteiger charge is 2.01. The van der Waals surface area contributed by atoms with Gasteiger partial charge < -0.3 is 9.47 Å². The van der Waals surface area contributed by atoms with Gasteiger partial charge in [-0.15, -0.1) is 12.4 Å². The van der Waals surface area contributed by atoms with Crippen LogP contribution in [0, 0.1) is 0 Å². The molecule has 1 heterocycles. The predicted molar refractivity (Wildman–Crippen MR) is 77.9 cm³/mol. The highest BCUT2D eigenvalue weighted by molar-refractivity contribution is 5.85. The van der Waals surface area contributed by atoms with Crippen molar-refractivity contribution in [2.24, 2.45) is 0 Å². The third kappa shape index (κ3) is 4.58. The quantitative estimate of drug-likeness (QED) is 0.884. The van der Waals surface area contributed by atoms with E-state index in [1.165, 1.54) is 0 Å². The van der Waals surface area contributed by atoms with E-state index in [9.17, 15) is 0 Å². The molecule has 0 aliphatic carbocycles. The Bertz CT molecular complexity index is 457. The Labute approximate surface area is 119 Å². The summed E-state index contributed by atoms with van der Waals surface area (Å²) in [5.74, 6) is 0.876. The SMILES string of the molecule is COC(C)CCOc1ccc(-c2ccn[nH]2)cc1.Cl. The number of aromatic amines is 1. The van der Waals surface area contributed by atoms with Gasteiger partial charge in [-0.3, -0.25) is 5.10 Å². The lowest BCUT2D eigenvalue weighted by Crippen LogP contribution is -2.10. The molecule has 0 bridgehead atoms. The molecule has 19 heavy (non-hydrogen) atoms. The van der Waals surface area contributed by atoms with E-state index >= 15 is 0 Å². The van der Waals surface area contributed by atoms with Crippen LogP contribution in [0.2, 0.25) is 0 Å². The van der Waals surface area contributed by atoms with Crippen molar-refractivity contribution in [3.8, 4) is 17.0 Å². The minimum Gasteiger partial charge on any atom is -0.493 e. The number of methoxy groups -OCH3 is 1. The number of hydrogen-bond acceptors (Lipinski definition) is 3. The van der Waals surface area contributed by atoms with Crippen molar-refractivity contribution in [2.75, 3.05) is 13.7 Å². The summed E-state index contributed by atoms with van der Waals surface area (Å²) in [6, 6.07) is 9.91. The van der Waals surface area contributed by atoms with Gasteiger partial charge in [0.05, 0.1) is 18.4 Å². The molecule has 2 rings (SSSR count). The van der Waals surface area contributed by atoms with Crippen LogP contribution in [0.1, 0.15) is 13.3 Å². The molecule has 0 amide bonds. The minimum atomic E-state index is 0. The number of rotatable bonds is 6. The van der Waals surface area contributed by atoms with Crippen LogP contribution in [-0.2, 0) is 4.74 Å². The first-order valence-electron chi connectivity index (χ1n) is 6.05. The largest absolute Gasteiger partial charge is 0.493 e. The Morgan fingerprint density at radius 3 is 2.53 bits per heavy atom. The maximum absolute atomic E-state index is 5.65. The van der Waals surface area contributed by atoms with Crippen molar-refractivity contribution >= 4 is 12.4 Å². The second-order valence-corrected chi connectivity index (χ2v) is 4.18.